The largest absolute Gasteiger partial charge is 0.496 e. The van der Waals surface area contributed by atoms with E-state index in [1.807, 2.05) is 12.1 Å². The van der Waals surface area contributed by atoms with E-state index in [-0.39, 0.29) is 0 Å². The highest BCUT2D eigenvalue weighted by atomic mass is 16.5. The molecule has 0 N–H and O–H groups in total. The third kappa shape index (κ3) is 1.57. The zero-order chi connectivity index (χ0) is 12.5. The van der Waals surface area contributed by atoms with Crippen LogP contribution < -0.4 is 4.74 Å². The second kappa shape index (κ2) is 4.37. The molecule has 3 rings (SSSR count). The van der Waals surface area contributed by atoms with Crippen LogP contribution in [0.4, 0.5) is 0 Å². The summed E-state index contributed by atoms with van der Waals surface area (Å²) in [7, 11) is 1.72. The summed E-state index contributed by atoms with van der Waals surface area (Å²) in [6, 6.07) is 12.8. The number of fused-ring (bicyclic) bond motifs is 3. The van der Waals surface area contributed by atoms with E-state index in [0.717, 1.165) is 12.2 Å². The average molecular weight is 239 g/mol. The lowest BCUT2D eigenvalue weighted by Gasteiger charge is -2.08. The van der Waals surface area contributed by atoms with E-state index in [1.165, 1.54) is 28.4 Å². The van der Waals surface area contributed by atoms with Crippen molar-refractivity contribution in [3.05, 3.63) is 48.3 Å². The van der Waals surface area contributed by atoms with Crippen molar-refractivity contribution in [3.8, 4) is 5.75 Å². The summed E-state index contributed by atoms with van der Waals surface area (Å²) < 4.78 is 7.70. The number of pyridine rings is 1. The van der Waals surface area contributed by atoms with Gasteiger partial charge in [-0.15, -0.1) is 0 Å². The van der Waals surface area contributed by atoms with E-state index < -0.39 is 0 Å². The molecule has 0 radical (unpaired) electrons. The normalized spacial score (nSPS) is 11.2. The molecule has 0 amide bonds. The molecule has 0 fully saturated rings. The summed E-state index contributed by atoms with van der Waals surface area (Å²) in [5, 5.41) is 2.42. The fourth-order valence-corrected chi connectivity index (χ4v) is 2.61. The number of methoxy groups -OCH3 is 1. The van der Waals surface area contributed by atoms with E-state index in [4.69, 9.17) is 4.74 Å². The first-order chi connectivity index (χ1) is 8.85. The van der Waals surface area contributed by atoms with Gasteiger partial charge in [0.1, 0.15) is 5.75 Å². The van der Waals surface area contributed by atoms with Gasteiger partial charge in [-0.1, -0.05) is 25.5 Å². The zero-order valence-electron chi connectivity index (χ0n) is 10.8. The van der Waals surface area contributed by atoms with Gasteiger partial charge in [-0.25, -0.2) is 0 Å². The van der Waals surface area contributed by atoms with Gasteiger partial charge in [-0.2, -0.15) is 0 Å². The van der Waals surface area contributed by atoms with E-state index in [0.29, 0.717) is 0 Å². The minimum absolute atomic E-state index is 0.938. The van der Waals surface area contributed by atoms with Gasteiger partial charge in [0.05, 0.1) is 12.6 Å². The summed E-state index contributed by atoms with van der Waals surface area (Å²) in [5.41, 5.74) is 2.63. The Morgan fingerprint density at radius 3 is 2.72 bits per heavy atom. The lowest BCUT2D eigenvalue weighted by molar-refractivity contribution is 0.420. The Morgan fingerprint density at radius 1 is 1.06 bits per heavy atom. The van der Waals surface area contributed by atoms with Crippen molar-refractivity contribution in [2.24, 2.45) is 0 Å². The molecule has 2 aromatic heterocycles. The smallest absolute Gasteiger partial charge is 0.126 e. The molecule has 0 saturated carbocycles. The minimum atomic E-state index is 0.938. The number of ether oxygens (including phenoxy) is 1. The zero-order valence-corrected chi connectivity index (χ0v) is 10.8. The van der Waals surface area contributed by atoms with Crippen LogP contribution in [-0.4, -0.2) is 11.5 Å². The molecule has 0 aliphatic rings. The number of aromatic nitrogens is 1. The van der Waals surface area contributed by atoms with Crippen LogP contribution in [0, 0.1) is 0 Å². The van der Waals surface area contributed by atoms with Crippen LogP contribution >= 0.6 is 0 Å². The predicted octanol–water partition coefficient (Wildman–Crippen LogP) is 4.05. The summed E-state index contributed by atoms with van der Waals surface area (Å²) in [5.74, 6) is 0.938. The van der Waals surface area contributed by atoms with Crippen LogP contribution in [0.1, 0.15) is 19.0 Å². The van der Waals surface area contributed by atoms with Crippen LogP contribution in [0.15, 0.2) is 42.6 Å². The second-order valence-corrected chi connectivity index (χ2v) is 4.57. The highest BCUT2D eigenvalue weighted by molar-refractivity contribution is 5.99. The Bertz CT molecular complexity index is 697. The molecule has 0 saturated heterocycles. The first kappa shape index (κ1) is 11.1. The summed E-state index contributed by atoms with van der Waals surface area (Å²) in [6.45, 7) is 2.21. The first-order valence-electron chi connectivity index (χ1n) is 6.41. The number of nitrogens with zero attached hydrogens (tertiary/aromatic N) is 1. The van der Waals surface area contributed by atoms with E-state index >= 15 is 0 Å². The molecule has 0 aliphatic carbocycles. The van der Waals surface area contributed by atoms with Crippen molar-refractivity contribution in [2.45, 2.75) is 19.8 Å². The van der Waals surface area contributed by atoms with E-state index in [9.17, 15) is 0 Å². The van der Waals surface area contributed by atoms with Crippen LogP contribution in [0.2, 0.25) is 0 Å². The highest BCUT2D eigenvalue weighted by Gasteiger charge is 2.07. The molecule has 2 heteroatoms. The van der Waals surface area contributed by atoms with Gasteiger partial charge in [0.2, 0.25) is 0 Å². The molecule has 1 aromatic carbocycles. The molecule has 3 aromatic rings. The maximum absolute atomic E-state index is 5.42. The second-order valence-electron chi connectivity index (χ2n) is 4.57. The van der Waals surface area contributed by atoms with E-state index in [1.54, 1.807) is 7.11 Å². The molecule has 0 aliphatic heterocycles. The fourth-order valence-electron chi connectivity index (χ4n) is 2.61. The van der Waals surface area contributed by atoms with Gasteiger partial charge < -0.3 is 9.14 Å². The number of rotatable bonds is 3. The highest BCUT2D eigenvalue weighted by Crippen LogP contribution is 2.29. The quantitative estimate of drug-likeness (QED) is 0.672. The molecule has 2 heterocycles. The number of aryl methyl sites for hydroxylation is 1. The van der Waals surface area contributed by atoms with Gasteiger partial charge in [0.25, 0.3) is 0 Å². The van der Waals surface area contributed by atoms with Gasteiger partial charge in [-0.3, -0.25) is 0 Å². The fraction of sp³-hybridized carbons (Fsp3) is 0.250. The van der Waals surface area contributed by atoms with Crippen molar-refractivity contribution >= 4 is 16.3 Å². The summed E-state index contributed by atoms with van der Waals surface area (Å²) in [6.07, 6.45) is 4.43. The van der Waals surface area contributed by atoms with Gasteiger partial charge >= 0.3 is 0 Å². The lowest BCUT2D eigenvalue weighted by atomic mass is 10.1. The van der Waals surface area contributed by atoms with Gasteiger partial charge in [-0.05, 0) is 30.7 Å². The van der Waals surface area contributed by atoms with Crippen LogP contribution in [0.5, 0.6) is 5.75 Å². The molecule has 18 heavy (non-hydrogen) atoms. The number of benzene rings is 1. The molecule has 0 spiro atoms. The van der Waals surface area contributed by atoms with Crippen molar-refractivity contribution in [2.75, 3.05) is 7.11 Å². The molecule has 0 bridgehead atoms. The number of hydrogen-bond acceptors (Lipinski definition) is 1. The van der Waals surface area contributed by atoms with Crippen molar-refractivity contribution in [3.63, 3.8) is 0 Å². The standard InChI is InChI=1S/C16H17NO/c1-3-5-12-8-9-15-13-6-4-7-16(18-2)14(13)10-11-17(12)15/h4,6-11H,3,5H2,1-2H3. The lowest BCUT2D eigenvalue weighted by Crippen LogP contribution is -1.93. The van der Waals surface area contributed by atoms with Crippen LogP contribution in [0.25, 0.3) is 16.3 Å². The Kier molecular flexibility index (Phi) is 2.71. The monoisotopic (exact) mass is 239 g/mol. The van der Waals surface area contributed by atoms with Gasteiger partial charge in [0, 0.05) is 22.7 Å². The maximum Gasteiger partial charge on any atom is 0.126 e. The first-order valence-corrected chi connectivity index (χ1v) is 6.41. The third-order valence-electron chi connectivity index (χ3n) is 3.46. The van der Waals surface area contributed by atoms with Crippen LogP contribution in [0.3, 0.4) is 0 Å². The summed E-state index contributed by atoms with van der Waals surface area (Å²) >= 11 is 0. The minimum Gasteiger partial charge on any atom is -0.496 e. The Balaban J connectivity index is 2.34. The molecular formula is C16H17NO. The van der Waals surface area contributed by atoms with Crippen molar-refractivity contribution in [1.29, 1.82) is 0 Å². The maximum atomic E-state index is 5.42. The van der Waals surface area contributed by atoms with Crippen molar-refractivity contribution in [1.82, 2.24) is 4.40 Å². The topological polar surface area (TPSA) is 13.6 Å². The molecule has 0 atom stereocenters. The number of hydrogen-bond donors (Lipinski definition) is 0. The molecule has 92 valence electrons. The van der Waals surface area contributed by atoms with Gasteiger partial charge in [0.15, 0.2) is 0 Å². The summed E-state index contributed by atoms with van der Waals surface area (Å²) in [4.78, 5) is 0. The average Bonchev–Trinajstić information content (AvgIpc) is 2.82. The third-order valence-corrected chi connectivity index (χ3v) is 3.46. The SMILES string of the molecule is CCCc1ccc2c3cccc(OC)c3ccn12. The molecule has 0 unspecified atom stereocenters. The Hall–Kier alpha value is -1.96. The van der Waals surface area contributed by atoms with Crippen molar-refractivity contribution < 1.29 is 4.74 Å². The molecule has 2 nitrogen and oxygen atoms in total. The Labute approximate surface area is 107 Å². The predicted molar refractivity (Wildman–Crippen MR) is 75.5 cm³/mol. The van der Waals surface area contributed by atoms with E-state index in [2.05, 4.69) is 41.8 Å². The Morgan fingerprint density at radius 2 is 1.94 bits per heavy atom. The molecular weight excluding hydrogens is 222 g/mol. The van der Waals surface area contributed by atoms with Crippen LogP contribution in [-0.2, 0) is 6.42 Å².